The van der Waals surface area contributed by atoms with E-state index in [4.69, 9.17) is 4.74 Å². The number of rotatable bonds is 4. The van der Waals surface area contributed by atoms with Gasteiger partial charge in [-0.25, -0.2) is 4.39 Å². The molecule has 0 N–H and O–H groups in total. The third-order valence-corrected chi connectivity index (χ3v) is 10.7. The quantitative estimate of drug-likeness (QED) is 0.169. The summed E-state index contributed by atoms with van der Waals surface area (Å²) in [5.41, 5.74) is 6.84. The van der Waals surface area contributed by atoms with Crippen molar-refractivity contribution in [3.63, 3.8) is 0 Å². The van der Waals surface area contributed by atoms with Crippen LogP contribution < -0.4 is 4.74 Å². The Bertz CT molecular complexity index is 2100. The highest BCUT2D eigenvalue weighted by atomic mass is 127. The highest BCUT2D eigenvalue weighted by Gasteiger charge is 2.44. The molecule has 0 bridgehead atoms. The summed E-state index contributed by atoms with van der Waals surface area (Å²) in [4.78, 5) is 2.35. The fourth-order valence-corrected chi connectivity index (χ4v) is 8.32. The van der Waals surface area contributed by atoms with E-state index in [1.807, 2.05) is 30.3 Å². The van der Waals surface area contributed by atoms with E-state index in [-0.39, 0.29) is 11.2 Å². The lowest BCUT2D eigenvalue weighted by Gasteiger charge is -2.38. The van der Waals surface area contributed by atoms with Gasteiger partial charge in [0, 0.05) is 40.9 Å². The Morgan fingerprint density at radius 2 is 1.39 bits per heavy atom. The molecule has 0 saturated heterocycles. The average Bonchev–Trinajstić information content (AvgIpc) is 3.28. The molecular formula is C40H28FIOS. The van der Waals surface area contributed by atoms with Gasteiger partial charge in [0.05, 0.1) is 0 Å². The molecule has 6 aromatic carbocycles. The van der Waals surface area contributed by atoms with Gasteiger partial charge in [-0.3, -0.25) is 0 Å². The molecule has 0 aromatic heterocycles. The number of halogens is 2. The molecule has 1 atom stereocenters. The third kappa shape index (κ3) is 4.26. The number of benzene rings is 6. The van der Waals surface area contributed by atoms with E-state index in [1.165, 1.54) is 30.7 Å². The molecule has 4 heteroatoms. The average molecular weight is 703 g/mol. The molecule has 1 aliphatic carbocycles. The SMILES string of the molecule is CC1(C)c2cc(I)ccc2-c2c1c1c(c3cc(F)ccc23)OC(c2ccccc2)(c2ccc(Sc3ccccc3)cc2)C=C1. The summed E-state index contributed by atoms with van der Waals surface area (Å²) in [5, 5.41) is 1.81. The predicted molar refractivity (Wildman–Crippen MR) is 188 cm³/mol. The van der Waals surface area contributed by atoms with Gasteiger partial charge in [0.2, 0.25) is 0 Å². The first-order valence-corrected chi connectivity index (χ1v) is 16.6. The van der Waals surface area contributed by atoms with Gasteiger partial charge in [0.15, 0.2) is 5.60 Å². The summed E-state index contributed by atoms with van der Waals surface area (Å²) < 4.78 is 23.5. The van der Waals surface area contributed by atoms with Gasteiger partial charge in [-0.15, -0.1) is 0 Å². The highest BCUT2D eigenvalue weighted by molar-refractivity contribution is 14.1. The van der Waals surface area contributed by atoms with E-state index in [9.17, 15) is 0 Å². The van der Waals surface area contributed by atoms with Gasteiger partial charge in [0.25, 0.3) is 0 Å². The minimum atomic E-state index is -0.886. The molecule has 8 rings (SSSR count). The van der Waals surface area contributed by atoms with Crippen LogP contribution in [0.3, 0.4) is 0 Å². The Balaban J connectivity index is 1.35. The maximum atomic E-state index is 15.0. The zero-order valence-corrected chi connectivity index (χ0v) is 27.2. The van der Waals surface area contributed by atoms with E-state index >= 15 is 4.39 Å². The molecule has 0 fully saturated rings. The second-order valence-corrected chi connectivity index (χ2v) is 14.4. The lowest BCUT2D eigenvalue weighted by Crippen LogP contribution is -2.35. The zero-order chi connectivity index (χ0) is 30.1. The van der Waals surface area contributed by atoms with E-state index in [0.717, 1.165) is 38.1 Å². The second-order valence-electron chi connectivity index (χ2n) is 12.0. The Hall–Kier alpha value is -3.87. The molecular weight excluding hydrogens is 674 g/mol. The van der Waals surface area contributed by atoms with Crippen LogP contribution in [0.2, 0.25) is 0 Å². The van der Waals surface area contributed by atoms with Gasteiger partial charge >= 0.3 is 0 Å². The maximum Gasteiger partial charge on any atom is 0.178 e. The molecule has 44 heavy (non-hydrogen) atoms. The minimum absolute atomic E-state index is 0.255. The summed E-state index contributed by atoms with van der Waals surface area (Å²) in [5.74, 6) is 0.452. The van der Waals surface area contributed by atoms with Crippen molar-refractivity contribution in [2.24, 2.45) is 0 Å². The van der Waals surface area contributed by atoms with Crippen molar-refractivity contribution < 1.29 is 9.13 Å². The van der Waals surface area contributed by atoms with Crippen molar-refractivity contribution in [1.29, 1.82) is 0 Å². The predicted octanol–water partition coefficient (Wildman–Crippen LogP) is 11.4. The van der Waals surface area contributed by atoms with Crippen LogP contribution in [0.1, 0.15) is 41.7 Å². The van der Waals surface area contributed by atoms with Crippen LogP contribution in [-0.2, 0) is 11.0 Å². The first-order valence-electron chi connectivity index (χ1n) is 14.7. The van der Waals surface area contributed by atoms with Gasteiger partial charge in [-0.05, 0) is 105 Å². The first-order chi connectivity index (χ1) is 21.3. The Morgan fingerprint density at radius 1 is 0.705 bits per heavy atom. The smallest absolute Gasteiger partial charge is 0.178 e. The van der Waals surface area contributed by atoms with Gasteiger partial charge < -0.3 is 4.74 Å². The molecule has 2 aliphatic rings. The van der Waals surface area contributed by atoms with E-state index in [1.54, 1.807) is 23.9 Å². The fraction of sp³-hybridized carbons (Fsp3) is 0.100. The Labute approximate surface area is 274 Å². The second kappa shape index (κ2) is 10.4. The van der Waals surface area contributed by atoms with Crippen LogP contribution in [0.25, 0.3) is 28.0 Å². The monoisotopic (exact) mass is 702 g/mol. The van der Waals surface area contributed by atoms with E-state index in [0.29, 0.717) is 0 Å². The molecule has 0 spiro atoms. The summed E-state index contributed by atoms with van der Waals surface area (Å²) in [6.45, 7) is 4.58. The maximum absolute atomic E-state index is 15.0. The highest BCUT2D eigenvalue weighted by Crippen LogP contribution is 2.58. The number of hydrogen-bond donors (Lipinski definition) is 0. The molecule has 1 unspecified atom stereocenters. The van der Waals surface area contributed by atoms with Crippen LogP contribution in [0.4, 0.5) is 4.39 Å². The van der Waals surface area contributed by atoms with E-state index < -0.39 is 5.60 Å². The van der Waals surface area contributed by atoms with Crippen LogP contribution in [-0.4, -0.2) is 0 Å². The largest absolute Gasteiger partial charge is 0.472 e. The molecule has 0 saturated carbocycles. The third-order valence-electron chi connectivity index (χ3n) is 9.02. The number of fused-ring (bicyclic) bond motifs is 8. The number of ether oxygens (including phenoxy) is 1. The molecule has 0 amide bonds. The Kier molecular flexibility index (Phi) is 6.51. The number of hydrogen-bond acceptors (Lipinski definition) is 2. The molecule has 214 valence electrons. The van der Waals surface area contributed by atoms with Crippen molar-refractivity contribution in [2.45, 2.75) is 34.7 Å². The zero-order valence-electron chi connectivity index (χ0n) is 24.3. The molecule has 1 heterocycles. The minimum Gasteiger partial charge on any atom is -0.472 e. The standard InChI is InChI=1S/C40H28FIOS/c1-39(2)35-24-28(42)16-20-32(35)36-31-19-15-27(41)23-34(31)38-33(37(36)39)21-22-40(43-38,25-9-5-3-6-10-25)26-13-17-30(18-14-26)44-29-11-7-4-8-12-29/h3-24H,1-2H3. The topological polar surface area (TPSA) is 9.23 Å². The Morgan fingerprint density at radius 3 is 2.14 bits per heavy atom. The van der Waals surface area contributed by atoms with Gasteiger partial charge in [-0.1, -0.05) is 104 Å². The van der Waals surface area contributed by atoms with Crippen molar-refractivity contribution in [2.75, 3.05) is 0 Å². The summed E-state index contributed by atoms with van der Waals surface area (Å²) in [6.07, 6.45) is 4.42. The summed E-state index contributed by atoms with van der Waals surface area (Å²) in [6, 6.07) is 41.2. The molecule has 1 aliphatic heterocycles. The van der Waals surface area contributed by atoms with Crippen LogP contribution in [0.15, 0.2) is 137 Å². The van der Waals surface area contributed by atoms with Crippen molar-refractivity contribution in [3.8, 4) is 16.9 Å². The van der Waals surface area contributed by atoms with Crippen molar-refractivity contribution in [3.05, 3.63) is 165 Å². The van der Waals surface area contributed by atoms with Crippen LogP contribution in [0.5, 0.6) is 5.75 Å². The van der Waals surface area contributed by atoms with E-state index in [2.05, 4.69) is 127 Å². The van der Waals surface area contributed by atoms with Gasteiger partial charge in [-0.2, -0.15) is 0 Å². The van der Waals surface area contributed by atoms with Crippen molar-refractivity contribution in [1.82, 2.24) is 0 Å². The van der Waals surface area contributed by atoms with Gasteiger partial charge in [0.1, 0.15) is 11.6 Å². The lowest BCUT2D eigenvalue weighted by atomic mass is 9.77. The molecule has 1 nitrogen and oxygen atoms in total. The summed E-state index contributed by atoms with van der Waals surface area (Å²) >= 11 is 4.13. The first kappa shape index (κ1) is 27.7. The normalized spacial score (nSPS) is 17.5. The fourth-order valence-electron chi connectivity index (χ4n) is 6.99. The van der Waals surface area contributed by atoms with Crippen LogP contribution >= 0.6 is 34.4 Å². The molecule has 6 aromatic rings. The van der Waals surface area contributed by atoms with Crippen molar-refractivity contribution >= 4 is 51.2 Å². The van der Waals surface area contributed by atoms with Crippen LogP contribution in [0, 0.1) is 9.39 Å². The lowest BCUT2D eigenvalue weighted by molar-refractivity contribution is 0.163. The summed E-state index contributed by atoms with van der Waals surface area (Å²) in [7, 11) is 0. The molecule has 0 radical (unpaired) electrons.